The maximum Gasteiger partial charge on any atom is 0.232 e. The highest BCUT2D eigenvalue weighted by Gasteiger charge is 2.23. The molecule has 0 fully saturated rings. The van der Waals surface area contributed by atoms with Gasteiger partial charge in [0.25, 0.3) is 0 Å². The topological polar surface area (TPSA) is 48.0 Å². The first kappa shape index (κ1) is 22.1. The summed E-state index contributed by atoms with van der Waals surface area (Å²) in [6.45, 7) is 3.36. The zero-order valence-electron chi connectivity index (χ0n) is 18.1. The van der Waals surface area contributed by atoms with Gasteiger partial charge in [0.15, 0.2) is 0 Å². The fourth-order valence-electron chi connectivity index (χ4n) is 3.48. The molecule has 3 rings (SSSR count). The molecule has 1 heterocycles. The van der Waals surface area contributed by atoms with Gasteiger partial charge in [0, 0.05) is 31.0 Å². The predicted octanol–water partition coefficient (Wildman–Crippen LogP) is 4.57. The van der Waals surface area contributed by atoms with Crippen LogP contribution in [0.3, 0.4) is 0 Å². The summed E-state index contributed by atoms with van der Waals surface area (Å²) in [4.78, 5) is 14.5. The SMILES string of the molecule is COc1cc(OC)c(C2=CCN(C(=O)CSCc3ccc(C)cc3)CC2)c(OC)c1. The van der Waals surface area contributed by atoms with E-state index in [2.05, 4.69) is 37.3 Å². The van der Waals surface area contributed by atoms with Gasteiger partial charge in [-0.1, -0.05) is 35.9 Å². The molecule has 0 unspecified atom stereocenters. The van der Waals surface area contributed by atoms with Crippen molar-refractivity contribution in [1.82, 2.24) is 4.90 Å². The molecule has 30 heavy (non-hydrogen) atoms. The van der Waals surface area contributed by atoms with E-state index in [0.717, 1.165) is 23.3 Å². The Balaban J connectivity index is 1.62. The lowest BCUT2D eigenvalue weighted by Crippen LogP contribution is -2.36. The number of ether oxygens (including phenoxy) is 3. The van der Waals surface area contributed by atoms with E-state index >= 15 is 0 Å². The number of hydrogen-bond donors (Lipinski definition) is 0. The van der Waals surface area contributed by atoms with Crippen LogP contribution in [0.15, 0.2) is 42.5 Å². The van der Waals surface area contributed by atoms with Crippen LogP contribution < -0.4 is 14.2 Å². The van der Waals surface area contributed by atoms with Gasteiger partial charge in [-0.05, 0) is 24.5 Å². The lowest BCUT2D eigenvalue weighted by atomic mass is 9.97. The van der Waals surface area contributed by atoms with Crippen LogP contribution in [-0.2, 0) is 10.5 Å². The van der Waals surface area contributed by atoms with Gasteiger partial charge in [0.2, 0.25) is 5.91 Å². The van der Waals surface area contributed by atoms with E-state index in [-0.39, 0.29) is 5.91 Å². The number of carbonyl (C=O) groups is 1. The van der Waals surface area contributed by atoms with Gasteiger partial charge in [-0.2, -0.15) is 0 Å². The molecule has 2 aromatic rings. The number of methoxy groups -OCH3 is 3. The summed E-state index contributed by atoms with van der Waals surface area (Å²) >= 11 is 1.66. The van der Waals surface area contributed by atoms with Crippen molar-refractivity contribution in [3.63, 3.8) is 0 Å². The molecular formula is C24H29NO4S. The molecule has 0 N–H and O–H groups in total. The van der Waals surface area contributed by atoms with E-state index in [1.54, 1.807) is 33.1 Å². The lowest BCUT2D eigenvalue weighted by Gasteiger charge is -2.28. The molecule has 0 radical (unpaired) electrons. The summed E-state index contributed by atoms with van der Waals surface area (Å²) in [5, 5.41) is 0. The van der Waals surface area contributed by atoms with Gasteiger partial charge in [0.1, 0.15) is 17.2 Å². The molecule has 1 aliphatic heterocycles. The smallest absolute Gasteiger partial charge is 0.232 e. The van der Waals surface area contributed by atoms with Crippen LogP contribution >= 0.6 is 11.8 Å². The minimum absolute atomic E-state index is 0.177. The van der Waals surface area contributed by atoms with Gasteiger partial charge >= 0.3 is 0 Å². The number of thioether (sulfide) groups is 1. The summed E-state index contributed by atoms with van der Waals surface area (Å²) in [5.41, 5.74) is 4.56. The van der Waals surface area contributed by atoms with Gasteiger partial charge in [-0.15, -0.1) is 11.8 Å². The van der Waals surface area contributed by atoms with E-state index in [1.165, 1.54) is 11.1 Å². The zero-order valence-corrected chi connectivity index (χ0v) is 18.9. The first-order chi connectivity index (χ1) is 14.5. The molecule has 0 atom stereocenters. The molecule has 0 spiro atoms. The lowest BCUT2D eigenvalue weighted by molar-refractivity contribution is -0.127. The van der Waals surface area contributed by atoms with Crippen molar-refractivity contribution in [1.29, 1.82) is 0 Å². The highest BCUT2D eigenvalue weighted by Crippen LogP contribution is 2.40. The summed E-state index contributed by atoms with van der Waals surface area (Å²) < 4.78 is 16.5. The number of rotatable bonds is 8. The van der Waals surface area contributed by atoms with Crippen LogP contribution in [0.4, 0.5) is 0 Å². The van der Waals surface area contributed by atoms with E-state index < -0.39 is 0 Å². The highest BCUT2D eigenvalue weighted by molar-refractivity contribution is 7.99. The van der Waals surface area contributed by atoms with Gasteiger partial charge in [0.05, 0.1) is 32.6 Å². The van der Waals surface area contributed by atoms with E-state index in [1.807, 2.05) is 17.0 Å². The Morgan fingerprint density at radius 3 is 2.23 bits per heavy atom. The van der Waals surface area contributed by atoms with E-state index in [0.29, 0.717) is 36.1 Å². The molecular weight excluding hydrogens is 398 g/mol. The molecule has 1 aliphatic rings. The zero-order chi connectivity index (χ0) is 21.5. The molecule has 160 valence electrons. The average Bonchev–Trinajstić information content (AvgIpc) is 2.79. The van der Waals surface area contributed by atoms with Crippen LogP contribution in [0.5, 0.6) is 17.2 Å². The standard InChI is InChI=1S/C24H29NO4S/c1-17-5-7-18(8-6-17)15-30-16-23(26)25-11-9-19(10-12-25)24-21(28-3)13-20(27-2)14-22(24)29-4/h5-9,13-14H,10-12,15-16H2,1-4H3. The predicted molar refractivity (Wildman–Crippen MR) is 123 cm³/mol. The molecule has 6 heteroatoms. The quantitative estimate of drug-likeness (QED) is 0.618. The second kappa shape index (κ2) is 10.4. The monoisotopic (exact) mass is 427 g/mol. The Hall–Kier alpha value is -2.60. The largest absolute Gasteiger partial charge is 0.496 e. The minimum atomic E-state index is 0.177. The average molecular weight is 428 g/mol. The number of carbonyl (C=O) groups excluding carboxylic acids is 1. The number of aryl methyl sites for hydroxylation is 1. The van der Waals surface area contributed by atoms with Crippen LogP contribution in [0.2, 0.25) is 0 Å². The number of hydrogen-bond acceptors (Lipinski definition) is 5. The summed E-state index contributed by atoms with van der Waals surface area (Å²) in [6.07, 6.45) is 2.85. The van der Waals surface area contributed by atoms with E-state index in [4.69, 9.17) is 14.2 Å². The molecule has 2 aromatic carbocycles. The van der Waals surface area contributed by atoms with Crippen molar-refractivity contribution >= 4 is 23.2 Å². The van der Waals surface area contributed by atoms with Crippen molar-refractivity contribution < 1.29 is 19.0 Å². The second-order valence-corrected chi connectivity index (χ2v) is 8.19. The molecule has 0 saturated carbocycles. The third-order valence-corrected chi connectivity index (χ3v) is 6.20. The number of benzene rings is 2. The fraction of sp³-hybridized carbons (Fsp3) is 0.375. The Kier molecular flexibility index (Phi) is 7.69. The normalized spacial score (nSPS) is 13.6. The van der Waals surface area contributed by atoms with Gasteiger partial charge < -0.3 is 19.1 Å². The number of amides is 1. The first-order valence-electron chi connectivity index (χ1n) is 9.96. The first-order valence-corrected chi connectivity index (χ1v) is 11.1. The molecule has 0 bridgehead atoms. The molecule has 0 aliphatic carbocycles. The molecule has 1 amide bonds. The molecule has 5 nitrogen and oxygen atoms in total. The Labute approximate surface area is 183 Å². The second-order valence-electron chi connectivity index (χ2n) is 7.20. The highest BCUT2D eigenvalue weighted by atomic mass is 32.2. The minimum Gasteiger partial charge on any atom is -0.496 e. The summed E-state index contributed by atoms with van der Waals surface area (Å²) in [5.74, 6) is 3.63. The third-order valence-electron chi connectivity index (χ3n) is 5.21. The summed E-state index contributed by atoms with van der Waals surface area (Å²) in [6, 6.07) is 12.2. The number of nitrogens with zero attached hydrogens (tertiary/aromatic N) is 1. The van der Waals surface area contributed by atoms with Crippen molar-refractivity contribution in [2.75, 3.05) is 40.2 Å². The van der Waals surface area contributed by atoms with E-state index in [9.17, 15) is 4.79 Å². The Morgan fingerprint density at radius 2 is 1.70 bits per heavy atom. The molecule has 0 aromatic heterocycles. The van der Waals surface area contributed by atoms with Crippen LogP contribution in [-0.4, -0.2) is 51.0 Å². The fourth-order valence-corrected chi connectivity index (χ4v) is 4.36. The van der Waals surface area contributed by atoms with Crippen LogP contribution in [0, 0.1) is 6.92 Å². The maximum atomic E-state index is 12.6. The van der Waals surface area contributed by atoms with Crippen molar-refractivity contribution in [3.05, 3.63) is 59.2 Å². The van der Waals surface area contributed by atoms with Gasteiger partial charge in [-0.3, -0.25) is 4.79 Å². The van der Waals surface area contributed by atoms with Crippen molar-refractivity contribution in [2.24, 2.45) is 0 Å². The molecule has 0 saturated heterocycles. The summed E-state index contributed by atoms with van der Waals surface area (Å²) in [7, 11) is 4.90. The Morgan fingerprint density at radius 1 is 1.03 bits per heavy atom. The Bertz CT molecular complexity index is 883. The maximum absolute atomic E-state index is 12.6. The van der Waals surface area contributed by atoms with Crippen molar-refractivity contribution in [3.8, 4) is 17.2 Å². The van der Waals surface area contributed by atoms with Crippen LogP contribution in [0.1, 0.15) is 23.1 Å². The van der Waals surface area contributed by atoms with Gasteiger partial charge in [-0.25, -0.2) is 0 Å². The van der Waals surface area contributed by atoms with Crippen molar-refractivity contribution in [2.45, 2.75) is 19.1 Å². The third kappa shape index (κ3) is 5.30. The van der Waals surface area contributed by atoms with Crippen LogP contribution in [0.25, 0.3) is 5.57 Å².